The van der Waals surface area contributed by atoms with Crippen molar-refractivity contribution < 1.29 is 28.4 Å². The summed E-state index contributed by atoms with van der Waals surface area (Å²) in [6.07, 6.45) is 0.432. The molecule has 1 heterocycles. The van der Waals surface area contributed by atoms with Crippen molar-refractivity contribution in [1.82, 2.24) is 0 Å². The third kappa shape index (κ3) is 4.01. The van der Waals surface area contributed by atoms with Crippen molar-refractivity contribution in [2.24, 2.45) is 11.8 Å². The van der Waals surface area contributed by atoms with Crippen LogP contribution in [-0.2, 0) is 11.2 Å². The van der Waals surface area contributed by atoms with Gasteiger partial charge in [0.15, 0.2) is 11.5 Å². The fraction of sp³-hybridized carbons (Fsp3) is 0.429. The number of aliphatic hydroxyl groups excluding tert-OH is 1. The van der Waals surface area contributed by atoms with Crippen LogP contribution in [0.5, 0.6) is 17.2 Å². The first-order chi connectivity index (χ1) is 13.1. The van der Waals surface area contributed by atoms with Crippen LogP contribution in [0.25, 0.3) is 0 Å². The molecule has 3 rings (SSSR count). The Hall–Kier alpha value is -2.31. The van der Waals surface area contributed by atoms with Gasteiger partial charge in [-0.25, -0.2) is 4.39 Å². The number of rotatable bonds is 7. The highest BCUT2D eigenvalue weighted by atomic mass is 19.1. The molecule has 0 spiro atoms. The smallest absolute Gasteiger partial charge is 0.203 e. The zero-order valence-electron chi connectivity index (χ0n) is 15.8. The molecule has 146 valence electrons. The van der Waals surface area contributed by atoms with E-state index in [9.17, 15) is 9.50 Å². The topological polar surface area (TPSA) is 57.2 Å². The van der Waals surface area contributed by atoms with Crippen LogP contribution in [0.15, 0.2) is 36.4 Å². The Bertz CT molecular complexity index is 737. The first kappa shape index (κ1) is 19.5. The molecule has 0 unspecified atom stereocenters. The largest absolute Gasteiger partial charge is 0.493 e. The molecular formula is C21H25FO5. The van der Waals surface area contributed by atoms with Gasteiger partial charge in [0, 0.05) is 12.5 Å². The highest BCUT2D eigenvalue weighted by Crippen LogP contribution is 2.45. The minimum atomic E-state index is -0.283. The van der Waals surface area contributed by atoms with Crippen molar-refractivity contribution in [2.75, 3.05) is 34.5 Å². The van der Waals surface area contributed by atoms with Crippen LogP contribution >= 0.6 is 0 Å². The van der Waals surface area contributed by atoms with Crippen LogP contribution in [0.1, 0.15) is 17.2 Å². The highest BCUT2D eigenvalue weighted by molar-refractivity contribution is 5.54. The molecule has 1 saturated heterocycles. The molecule has 2 aromatic rings. The lowest BCUT2D eigenvalue weighted by atomic mass is 9.84. The molecule has 0 aliphatic carbocycles. The Morgan fingerprint density at radius 3 is 2.19 bits per heavy atom. The van der Waals surface area contributed by atoms with Crippen molar-refractivity contribution in [1.29, 1.82) is 0 Å². The summed E-state index contributed by atoms with van der Waals surface area (Å²) in [5.74, 6) is 1.41. The van der Waals surface area contributed by atoms with Crippen LogP contribution in [0, 0.1) is 17.7 Å². The standard InChI is InChI=1S/C21H25FO5/c1-24-18-9-14(10-19(25-2)21(18)26-3)20-17(11-23)15(12-27-20)8-13-4-6-16(22)7-5-13/h4-7,9-10,15,17,20,23H,8,11-12H2,1-3H3/t15-,17-,20+/m0/s1. The predicted octanol–water partition coefficient (Wildman–Crippen LogP) is 3.39. The Morgan fingerprint density at radius 1 is 1.04 bits per heavy atom. The highest BCUT2D eigenvalue weighted by Gasteiger charge is 2.38. The fourth-order valence-electron chi connectivity index (χ4n) is 3.71. The van der Waals surface area contributed by atoms with E-state index in [1.165, 1.54) is 12.1 Å². The third-order valence-electron chi connectivity index (χ3n) is 5.12. The zero-order chi connectivity index (χ0) is 19.4. The van der Waals surface area contributed by atoms with E-state index in [4.69, 9.17) is 18.9 Å². The van der Waals surface area contributed by atoms with Gasteiger partial charge in [0.05, 0.1) is 34.0 Å². The summed E-state index contributed by atoms with van der Waals surface area (Å²) >= 11 is 0. The van der Waals surface area contributed by atoms with E-state index in [1.807, 2.05) is 12.1 Å². The van der Waals surface area contributed by atoms with Crippen LogP contribution in [0.3, 0.4) is 0 Å². The molecule has 1 fully saturated rings. The summed E-state index contributed by atoms with van der Waals surface area (Å²) in [4.78, 5) is 0. The van der Waals surface area contributed by atoms with E-state index in [0.29, 0.717) is 30.3 Å². The van der Waals surface area contributed by atoms with Crippen LogP contribution < -0.4 is 14.2 Å². The first-order valence-electron chi connectivity index (χ1n) is 8.88. The van der Waals surface area contributed by atoms with E-state index in [0.717, 1.165) is 11.1 Å². The quantitative estimate of drug-likeness (QED) is 0.803. The van der Waals surface area contributed by atoms with Crippen molar-refractivity contribution in [3.63, 3.8) is 0 Å². The van der Waals surface area contributed by atoms with Gasteiger partial charge < -0.3 is 24.1 Å². The number of hydrogen-bond donors (Lipinski definition) is 1. The molecule has 0 amide bonds. The Labute approximate surface area is 158 Å². The van der Waals surface area contributed by atoms with Crippen LogP contribution in [-0.4, -0.2) is 39.6 Å². The van der Waals surface area contributed by atoms with Crippen LogP contribution in [0.4, 0.5) is 4.39 Å². The lowest BCUT2D eigenvalue weighted by Gasteiger charge is -2.23. The third-order valence-corrected chi connectivity index (χ3v) is 5.12. The summed E-state index contributed by atoms with van der Waals surface area (Å²) < 4.78 is 35.4. The number of hydrogen-bond acceptors (Lipinski definition) is 5. The molecule has 5 nitrogen and oxygen atoms in total. The summed E-state index contributed by atoms with van der Waals surface area (Å²) in [5.41, 5.74) is 1.89. The number of benzene rings is 2. The van der Waals surface area contributed by atoms with Gasteiger partial charge in [-0.15, -0.1) is 0 Å². The van der Waals surface area contributed by atoms with Gasteiger partial charge in [0.2, 0.25) is 5.75 Å². The van der Waals surface area contributed by atoms with Gasteiger partial charge in [-0.1, -0.05) is 12.1 Å². The molecule has 1 aliphatic heterocycles. The second-order valence-corrected chi connectivity index (χ2v) is 6.65. The second-order valence-electron chi connectivity index (χ2n) is 6.65. The van der Waals surface area contributed by atoms with E-state index < -0.39 is 0 Å². The normalized spacial score (nSPS) is 21.9. The summed E-state index contributed by atoms with van der Waals surface area (Å²) in [5, 5.41) is 10.0. The molecule has 3 atom stereocenters. The predicted molar refractivity (Wildman–Crippen MR) is 99.0 cm³/mol. The van der Waals surface area contributed by atoms with Crippen molar-refractivity contribution in [3.8, 4) is 17.2 Å². The van der Waals surface area contributed by atoms with Gasteiger partial charge in [-0.2, -0.15) is 0 Å². The SMILES string of the molecule is COc1cc([C@H]2OC[C@H](Cc3ccc(F)cc3)[C@@H]2CO)cc(OC)c1OC. The molecule has 0 saturated carbocycles. The molecule has 2 aromatic carbocycles. The van der Waals surface area contributed by atoms with Gasteiger partial charge in [-0.3, -0.25) is 0 Å². The average molecular weight is 376 g/mol. The number of halogens is 1. The molecule has 0 bridgehead atoms. The first-order valence-corrected chi connectivity index (χ1v) is 8.88. The van der Waals surface area contributed by atoms with Gasteiger partial charge >= 0.3 is 0 Å². The molecule has 1 N–H and O–H groups in total. The summed E-state index contributed by atoms with van der Waals surface area (Å²) in [6, 6.07) is 10.2. The molecule has 27 heavy (non-hydrogen) atoms. The summed E-state index contributed by atoms with van der Waals surface area (Å²) in [6.45, 7) is 0.511. The maximum Gasteiger partial charge on any atom is 0.203 e. The lowest BCUT2D eigenvalue weighted by Crippen LogP contribution is -2.21. The Balaban J connectivity index is 1.85. The zero-order valence-corrected chi connectivity index (χ0v) is 15.8. The van der Waals surface area contributed by atoms with E-state index in [1.54, 1.807) is 33.5 Å². The van der Waals surface area contributed by atoms with E-state index >= 15 is 0 Å². The molecule has 6 heteroatoms. The maximum absolute atomic E-state index is 13.1. The molecule has 0 radical (unpaired) electrons. The Kier molecular flexibility index (Phi) is 6.19. The molecule has 0 aromatic heterocycles. The van der Waals surface area contributed by atoms with Gasteiger partial charge in [0.25, 0.3) is 0 Å². The van der Waals surface area contributed by atoms with Crippen molar-refractivity contribution >= 4 is 0 Å². The molecule has 1 aliphatic rings. The molecular weight excluding hydrogens is 351 g/mol. The van der Waals surface area contributed by atoms with Gasteiger partial charge in [0.1, 0.15) is 5.82 Å². The minimum Gasteiger partial charge on any atom is -0.493 e. The van der Waals surface area contributed by atoms with E-state index in [2.05, 4.69) is 0 Å². The van der Waals surface area contributed by atoms with E-state index in [-0.39, 0.29) is 30.4 Å². The monoisotopic (exact) mass is 376 g/mol. The Morgan fingerprint density at radius 2 is 1.67 bits per heavy atom. The number of methoxy groups -OCH3 is 3. The van der Waals surface area contributed by atoms with Crippen molar-refractivity contribution in [3.05, 3.63) is 53.3 Å². The summed E-state index contributed by atoms with van der Waals surface area (Å²) in [7, 11) is 4.69. The average Bonchev–Trinajstić information content (AvgIpc) is 3.10. The van der Waals surface area contributed by atoms with Crippen LogP contribution in [0.2, 0.25) is 0 Å². The second kappa shape index (κ2) is 8.59. The number of aliphatic hydroxyl groups is 1. The maximum atomic E-state index is 13.1. The van der Waals surface area contributed by atoms with Crippen molar-refractivity contribution in [2.45, 2.75) is 12.5 Å². The fourth-order valence-corrected chi connectivity index (χ4v) is 3.71. The number of ether oxygens (including phenoxy) is 4. The van der Waals surface area contributed by atoms with Gasteiger partial charge in [-0.05, 0) is 47.7 Å². The lowest BCUT2D eigenvalue weighted by molar-refractivity contribution is 0.0715. The minimum absolute atomic E-state index is 0.00676.